The van der Waals surface area contributed by atoms with Crippen LogP contribution in [0.4, 0.5) is 0 Å². The smallest absolute Gasteiger partial charge is 0.190 e. The van der Waals surface area contributed by atoms with Crippen LogP contribution in [0.1, 0.15) is 11.5 Å². The lowest BCUT2D eigenvalue weighted by Crippen LogP contribution is -3.10. The van der Waals surface area contributed by atoms with Gasteiger partial charge in [-0.1, -0.05) is 30.3 Å². The Labute approximate surface area is 175 Å². The first-order chi connectivity index (χ1) is 14.5. The largest absolute Gasteiger partial charge is 0.496 e. The molecule has 0 radical (unpaired) electrons. The number of nitriles is 3. The molecule has 0 spiro atoms. The first kappa shape index (κ1) is 19.6. The van der Waals surface area contributed by atoms with Crippen LogP contribution in [-0.2, 0) is 0 Å². The average molecular weight is 396 g/mol. The molecule has 2 unspecified atom stereocenters. The summed E-state index contributed by atoms with van der Waals surface area (Å²) >= 11 is 0. The summed E-state index contributed by atoms with van der Waals surface area (Å²) < 4.78 is 5.70. The Hall–Kier alpha value is -3.66. The van der Waals surface area contributed by atoms with Crippen molar-refractivity contribution in [2.45, 2.75) is 5.92 Å². The van der Waals surface area contributed by atoms with Gasteiger partial charge >= 0.3 is 0 Å². The van der Waals surface area contributed by atoms with E-state index >= 15 is 0 Å². The van der Waals surface area contributed by atoms with E-state index in [9.17, 15) is 15.8 Å². The summed E-state index contributed by atoms with van der Waals surface area (Å²) in [4.78, 5) is 1.24. The molecule has 6 heteroatoms. The number of ether oxygens (including phenoxy) is 1. The van der Waals surface area contributed by atoms with Gasteiger partial charge in [0.25, 0.3) is 0 Å². The zero-order valence-corrected chi connectivity index (χ0v) is 16.9. The highest BCUT2D eigenvalue weighted by molar-refractivity contribution is 6.02. The quantitative estimate of drug-likeness (QED) is 0.759. The van der Waals surface area contributed by atoms with Gasteiger partial charge in [-0.3, -0.25) is 0 Å². The SMILES string of the molecule is COc1ccc2ccccc2c1[C@H]1[C@@H]2C[NH+](C)CC=C2C(C#N)C(=N)C1(C#N)C#N. The first-order valence-corrected chi connectivity index (χ1v) is 9.90. The molecule has 6 nitrogen and oxygen atoms in total. The highest BCUT2D eigenvalue weighted by atomic mass is 16.5. The molecule has 1 saturated carbocycles. The van der Waals surface area contributed by atoms with Crippen molar-refractivity contribution in [3.63, 3.8) is 0 Å². The fraction of sp³-hybridized carbons (Fsp3) is 0.333. The van der Waals surface area contributed by atoms with Crippen molar-refractivity contribution >= 4 is 16.5 Å². The molecule has 1 aliphatic carbocycles. The number of fused-ring (bicyclic) bond motifs is 2. The fourth-order valence-corrected chi connectivity index (χ4v) is 5.14. The van der Waals surface area contributed by atoms with Crippen molar-refractivity contribution in [2.75, 3.05) is 27.2 Å². The Balaban J connectivity index is 2.10. The Kier molecular flexibility index (Phi) is 4.78. The van der Waals surface area contributed by atoms with E-state index in [-0.39, 0.29) is 11.6 Å². The maximum atomic E-state index is 10.3. The molecule has 2 aromatic rings. The van der Waals surface area contributed by atoms with Gasteiger partial charge in [-0.15, -0.1) is 0 Å². The predicted molar refractivity (Wildman–Crippen MR) is 112 cm³/mol. The minimum Gasteiger partial charge on any atom is -0.496 e. The van der Waals surface area contributed by atoms with Crippen molar-refractivity contribution < 1.29 is 9.64 Å². The van der Waals surface area contributed by atoms with Crippen LogP contribution in [-0.4, -0.2) is 33.0 Å². The van der Waals surface area contributed by atoms with Crippen LogP contribution in [0.5, 0.6) is 5.75 Å². The number of rotatable bonds is 2. The molecule has 0 aromatic heterocycles. The van der Waals surface area contributed by atoms with E-state index in [1.54, 1.807) is 7.11 Å². The summed E-state index contributed by atoms with van der Waals surface area (Å²) in [5, 5.41) is 41.0. The Morgan fingerprint density at radius 3 is 2.53 bits per heavy atom. The van der Waals surface area contributed by atoms with E-state index in [0.717, 1.165) is 28.5 Å². The zero-order chi connectivity index (χ0) is 21.5. The summed E-state index contributed by atoms with van der Waals surface area (Å²) in [7, 11) is 3.64. The monoisotopic (exact) mass is 396 g/mol. The van der Waals surface area contributed by atoms with Gasteiger partial charge in [-0.2, -0.15) is 15.8 Å². The van der Waals surface area contributed by atoms with Crippen molar-refractivity contribution in [3.8, 4) is 24.0 Å². The van der Waals surface area contributed by atoms with Crippen LogP contribution in [0, 0.1) is 56.7 Å². The zero-order valence-electron chi connectivity index (χ0n) is 16.9. The van der Waals surface area contributed by atoms with Crippen LogP contribution in [0.3, 0.4) is 0 Å². The van der Waals surface area contributed by atoms with Gasteiger partial charge in [-0.25, -0.2) is 0 Å². The molecule has 0 bridgehead atoms. The van der Waals surface area contributed by atoms with Crippen LogP contribution < -0.4 is 9.64 Å². The topological polar surface area (TPSA) is 109 Å². The molecule has 1 heterocycles. The Morgan fingerprint density at radius 2 is 1.87 bits per heavy atom. The molecule has 2 aromatic carbocycles. The van der Waals surface area contributed by atoms with Gasteiger partial charge in [0.15, 0.2) is 5.41 Å². The van der Waals surface area contributed by atoms with Gasteiger partial charge < -0.3 is 15.0 Å². The van der Waals surface area contributed by atoms with E-state index in [4.69, 9.17) is 10.1 Å². The van der Waals surface area contributed by atoms with E-state index in [0.29, 0.717) is 12.3 Å². The van der Waals surface area contributed by atoms with Gasteiger partial charge in [0.05, 0.1) is 51.2 Å². The summed E-state index contributed by atoms with van der Waals surface area (Å²) in [5.41, 5.74) is -0.242. The predicted octanol–water partition coefficient (Wildman–Crippen LogP) is 2.21. The molecule has 4 atom stereocenters. The Bertz CT molecular complexity index is 1180. The third kappa shape index (κ3) is 2.61. The summed E-state index contributed by atoms with van der Waals surface area (Å²) in [6, 6.07) is 18.2. The van der Waals surface area contributed by atoms with Gasteiger partial charge in [0, 0.05) is 17.4 Å². The highest BCUT2D eigenvalue weighted by Crippen LogP contribution is 2.55. The molecule has 1 aliphatic heterocycles. The summed E-state index contributed by atoms with van der Waals surface area (Å²) in [6.45, 7) is 1.43. The molecule has 0 amide bonds. The normalized spacial score (nSPS) is 27.2. The van der Waals surface area contributed by atoms with E-state index in [2.05, 4.69) is 25.3 Å². The molecule has 30 heavy (non-hydrogen) atoms. The number of hydrogen-bond acceptors (Lipinski definition) is 5. The maximum Gasteiger partial charge on any atom is 0.190 e. The third-order valence-corrected chi connectivity index (χ3v) is 6.54. The highest BCUT2D eigenvalue weighted by Gasteiger charge is 2.59. The number of likely N-dealkylation sites (N-methyl/N-ethyl adjacent to an activating group) is 1. The second-order valence-electron chi connectivity index (χ2n) is 8.06. The minimum absolute atomic E-state index is 0.128. The van der Waals surface area contributed by atoms with Crippen molar-refractivity contribution in [1.29, 1.82) is 21.2 Å². The van der Waals surface area contributed by atoms with E-state index in [1.165, 1.54) is 4.90 Å². The van der Waals surface area contributed by atoms with Crippen LogP contribution >= 0.6 is 0 Å². The van der Waals surface area contributed by atoms with Crippen molar-refractivity contribution in [1.82, 2.24) is 0 Å². The van der Waals surface area contributed by atoms with Gasteiger partial charge in [0.2, 0.25) is 0 Å². The molecule has 2 aliphatic rings. The van der Waals surface area contributed by atoms with E-state index < -0.39 is 17.3 Å². The average Bonchev–Trinajstić information content (AvgIpc) is 2.78. The molecule has 1 fully saturated rings. The number of nitrogens with one attached hydrogen (secondary N) is 2. The standard InChI is InChI=1S/C24H21N5O/c1-29-10-9-17-18(11-25)23(28)24(13-26,14-27)22(19(17)12-29)21-16-6-4-3-5-15(16)7-8-20(21)30-2/h3-9,18-19,22,28H,10,12H2,1-2H3/p+1/t18?,19-,22-/m1/s1. The second kappa shape index (κ2) is 7.30. The fourth-order valence-electron chi connectivity index (χ4n) is 5.14. The van der Waals surface area contributed by atoms with Crippen LogP contribution in [0.25, 0.3) is 10.8 Å². The number of methoxy groups -OCH3 is 1. The lowest BCUT2D eigenvalue weighted by Gasteiger charge is -2.46. The first-order valence-electron chi connectivity index (χ1n) is 9.90. The van der Waals surface area contributed by atoms with Crippen LogP contribution in [0.15, 0.2) is 48.0 Å². The molecule has 0 saturated heterocycles. The number of hydrogen-bond donors (Lipinski definition) is 2. The molecular formula is C24H22N5O+. The number of quaternary nitrogens is 1. The number of benzene rings is 2. The third-order valence-electron chi connectivity index (χ3n) is 6.54. The van der Waals surface area contributed by atoms with Crippen molar-refractivity contribution in [3.05, 3.63) is 53.6 Å². The van der Waals surface area contributed by atoms with Gasteiger partial charge in [0.1, 0.15) is 11.7 Å². The van der Waals surface area contributed by atoms with Gasteiger partial charge in [-0.05, 0) is 28.5 Å². The van der Waals surface area contributed by atoms with Crippen molar-refractivity contribution in [2.24, 2.45) is 17.3 Å². The minimum atomic E-state index is -1.74. The molecule has 148 valence electrons. The second-order valence-corrected chi connectivity index (χ2v) is 8.06. The lowest BCUT2D eigenvalue weighted by atomic mass is 9.54. The van der Waals surface area contributed by atoms with E-state index in [1.807, 2.05) is 42.5 Å². The Morgan fingerprint density at radius 1 is 1.13 bits per heavy atom. The molecule has 2 N–H and O–H groups in total. The molecular weight excluding hydrogens is 374 g/mol. The lowest BCUT2D eigenvalue weighted by molar-refractivity contribution is -0.878. The van der Waals surface area contributed by atoms with Crippen LogP contribution in [0.2, 0.25) is 0 Å². The summed E-state index contributed by atoms with van der Waals surface area (Å²) in [6.07, 6.45) is 2.02. The maximum absolute atomic E-state index is 10.3. The summed E-state index contributed by atoms with van der Waals surface area (Å²) in [5.74, 6) is -1.07. The number of nitrogens with zero attached hydrogens (tertiary/aromatic N) is 3. The molecule has 4 rings (SSSR count).